The zero-order chi connectivity index (χ0) is 5.98. The van der Waals surface area contributed by atoms with Gasteiger partial charge in [-0.1, -0.05) is 0 Å². The summed E-state index contributed by atoms with van der Waals surface area (Å²) in [7, 11) is 0. The van der Waals surface area contributed by atoms with Gasteiger partial charge >= 0.3 is 56.9 Å². The molecule has 1 aliphatic rings. The fraction of sp³-hybridized carbons (Fsp3) is 0.429. The summed E-state index contributed by atoms with van der Waals surface area (Å²) in [5.41, 5.74) is 0. The van der Waals surface area contributed by atoms with E-state index in [-0.39, 0.29) is 24.8 Å². The maximum Gasteiger partial charge on any atom is -1.00 e. The quantitative estimate of drug-likeness (QED) is 0.398. The number of hydrogen-bond acceptors (Lipinski definition) is 0. The third kappa shape index (κ3) is 3.83. The standard InChI is InChI=1S/C5H5.2CH3.2ClH.Ti/c1-2-4-5-3-1;;;;;/h1-3H,4H2;2*1H3;2*1H;/q;;;;;+2/p-2. The van der Waals surface area contributed by atoms with Crippen molar-refractivity contribution >= 4 is 0 Å². The van der Waals surface area contributed by atoms with Gasteiger partial charge in [0.15, 0.2) is 0 Å². The zero-order valence-corrected chi connectivity index (χ0v) is 9.27. The molecular formula is C7H11Cl2Ti. The Morgan fingerprint density at radius 2 is 1.90 bits per heavy atom. The fourth-order valence-corrected chi connectivity index (χ4v) is 2.31. The van der Waals surface area contributed by atoms with E-state index in [1.165, 1.54) is 6.42 Å². The van der Waals surface area contributed by atoms with E-state index in [1.54, 1.807) is 3.88 Å². The molecule has 0 fully saturated rings. The van der Waals surface area contributed by atoms with Crippen LogP contribution in [0.1, 0.15) is 6.42 Å². The van der Waals surface area contributed by atoms with Gasteiger partial charge in [0, 0.05) is 0 Å². The SMILES string of the molecule is [CH3][Ti+2]([CH3])[C]1=CC=CC1.[Cl-].[Cl-]. The predicted octanol–water partition coefficient (Wildman–Crippen LogP) is -3.45. The van der Waals surface area contributed by atoms with Crippen LogP contribution in [0.15, 0.2) is 22.1 Å². The summed E-state index contributed by atoms with van der Waals surface area (Å²) in [4.78, 5) is 0. The van der Waals surface area contributed by atoms with Gasteiger partial charge in [-0.05, 0) is 0 Å². The third-order valence-corrected chi connectivity index (χ3v) is 4.00. The Morgan fingerprint density at radius 1 is 1.30 bits per heavy atom. The van der Waals surface area contributed by atoms with Crippen molar-refractivity contribution in [3.63, 3.8) is 0 Å². The monoisotopic (exact) mass is 213 g/mol. The molecule has 0 radical (unpaired) electrons. The Balaban J connectivity index is 0. The molecule has 0 saturated carbocycles. The molecule has 0 aliphatic heterocycles. The van der Waals surface area contributed by atoms with Crippen LogP contribution in [0.4, 0.5) is 0 Å². The molecule has 0 bridgehead atoms. The summed E-state index contributed by atoms with van der Waals surface area (Å²) in [5.74, 6) is 0. The molecule has 0 spiro atoms. The minimum atomic E-state index is -0.657. The van der Waals surface area contributed by atoms with Gasteiger partial charge in [-0.3, -0.25) is 0 Å². The van der Waals surface area contributed by atoms with Crippen molar-refractivity contribution in [2.24, 2.45) is 0 Å². The number of hydrogen-bond donors (Lipinski definition) is 0. The Labute approximate surface area is 81.4 Å². The molecule has 0 aromatic rings. The molecule has 3 heteroatoms. The van der Waals surface area contributed by atoms with Crippen LogP contribution in [0.3, 0.4) is 0 Å². The van der Waals surface area contributed by atoms with Gasteiger partial charge in [0.05, 0.1) is 0 Å². The topological polar surface area (TPSA) is 0 Å². The average molecular weight is 214 g/mol. The first-order valence-electron chi connectivity index (χ1n) is 2.97. The van der Waals surface area contributed by atoms with Crippen LogP contribution in [-0.2, 0) is 17.9 Å². The van der Waals surface area contributed by atoms with E-state index < -0.39 is 17.9 Å². The van der Waals surface area contributed by atoms with Crippen molar-refractivity contribution in [3.05, 3.63) is 22.1 Å². The second-order valence-electron chi connectivity index (χ2n) is 2.32. The molecule has 0 unspecified atom stereocenters. The van der Waals surface area contributed by atoms with E-state index in [9.17, 15) is 0 Å². The summed E-state index contributed by atoms with van der Waals surface area (Å²) in [6.45, 7) is 0. The number of halogens is 2. The predicted molar refractivity (Wildman–Crippen MR) is 33.6 cm³/mol. The smallest absolute Gasteiger partial charge is 1.00 e. The first-order valence-corrected chi connectivity index (χ1v) is 6.87. The van der Waals surface area contributed by atoms with E-state index >= 15 is 0 Å². The molecule has 0 heterocycles. The molecule has 1 rings (SSSR count). The summed E-state index contributed by atoms with van der Waals surface area (Å²) >= 11 is -0.657. The zero-order valence-electron chi connectivity index (χ0n) is 6.20. The van der Waals surface area contributed by atoms with E-state index in [2.05, 4.69) is 28.7 Å². The molecule has 10 heavy (non-hydrogen) atoms. The normalized spacial score (nSPS) is 13.2. The van der Waals surface area contributed by atoms with Crippen LogP contribution < -0.4 is 24.8 Å². The first kappa shape index (κ1) is 13.4. The molecule has 0 saturated heterocycles. The van der Waals surface area contributed by atoms with Gasteiger partial charge in [-0.2, -0.15) is 0 Å². The second-order valence-corrected chi connectivity index (χ2v) is 6.45. The minimum Gasteiger partial charge on any atom is -1.00 e. The Bertz CT molecular complexity index is 139. The summed E-state index contributed by atoms with van der Waals surface area (Å²) in [6, 6.07) is 0. The van der Waals surface area contributed by atoms with Gasteiger partial charge in [-0.25, -0.2) is 0 Å². The molecule has 0 amide bonds. The first-order chi connectivity index (χ1) is 3.80. The second kappa shape index (κ2) is 6.48. The van der Waals surface area contributed by atoms with Crippen molar-refractivity contribution in [2.45, 2.75) is 16.9 Å². The van der Waals surface area contributed by atoms with Crippen molar-refractivity contribution in [1.82, 2.24) is 0 Å². The maximum atomic E-state index is 2.40. The van der Waals surface area contributed by atoms with E-state index in [0.717, 1.165) is 0 Å². The van der Waals surface area contributed by atoms with Crippen LogP contribution in [0.5, 0.6) is 0 Å². The average Bonchev–Trinajstić information content (AvgIpc) is 2.12. The molecule has 0 aromatic carbocycles. The van der Waals surface area contributed by atoms with Gasteiger partial charge in [0.2, 0.25) is 0 Å². The van der Waals surface area contributed by atoms with Gasteiger partial charge in [-0.15, -0.1) is 0 Å². The number of allylic oxidation sites excluding steroid dienone is 4. The molecule has 0 nitrogen and oxygen atoms in total. The van der Waals surface area contributed by atoms with E-state index in [0.29, 0.717) is 0 Å². The summed E-state index contributed by atoms with van der Waals surface area (Å²) < 4.78 is 1.73. The van der Waals surface area contributed by atoms with Gasteiger partial charge in [0.1, 0.15) is 0 Å². The maximum absolute atomic E-state index is 2.40. The van der Waals surface area contributed by atoms with Crippen molar-refractivity contribution in [2.75, 3.05) is 0 Å². The Hall–Kier alpha value is 0.774. The van der Waals surface area contributed by atoms with E-state index in [4.69, 9.17) is 0 Å². The van der Waals surface area contributed by atoms with Crippen LogP contribution >= 0.6 is 0 Å². The molecular weight excluding hydrogens is 203 g/mol. The largest absolute Gasteiger partial charge is 1.00 e. The van der Waals surface area contributed by atoms with Gasteiger partial charge < -0.3 is 24.8 Å². The Morgan fingerprint density at radius 3 is 2.10 bits per heavy atom. The van der Waals surface area contributed by atoms with E-state index in [1.807, 2.05) is 0 Å². The van der Waals surface area contributed by atoms with Crippen molar-refractivity contribution in [1.29, 1.82) is 0 Å². The van der Waals surface area contributed by atoms with Crippen LogP contribution in [0.25, 0.3) is 0 Å². The fourth-order valence-electron chi connectivity index (χ4n) is 0.818. The van der Waals surface area contributed by atoms with Crippen molar-refractivity contribution in [3.8, 4) is 0 Å². The van der Waals surface area contributed by atoms with Crippen LogP contribution in [-0.4, -0.2) is 0 Å². The van der Waals surface area contributed by atoms with Crippen LogP contribution in [0.2, 0.25) is 10.5 Å². The third-order valence-electron chi connectivity index (χ3n) is 1.41. The van der Waals surface area contributed by atoms with Gasteiger partial charge in [0.25, 0.3) is 0 Å². The molecule has 0 atom stereocenters. The minimum absolute atomic E-state index is 0. The Kier molecular flexibility index (Phi) is 8.67. The summed E-state index contributed by atoms with van der Waals surface area (Å²) in [6.07, 6.45) is 7.96. The van der Waals surface area contributed by atoms with Crippen LogP contribution in [0, 0.1) is 0 Å². The number of rotatable bonds is 1. The molecule has 57 valence electrons. The molecule has 0 N–H and O–H groups in total. The molecule has 0 aromatic heterocycles. The summed E-state index contributed by atoms with van der Waals surface area (Å²) in [5, 5.41) is 4.80. The van der Waals surface area contributed by atoms with Crippen molar-refractivity contribution < 1.29 is 42.7 Å². The molecule has 1 aliphatic carbocycles.